The molecule has 8 nitrogen and oxygen atoms in total. The molecule has 3 amide bonds. The first-order valence-corrected chi connectivity index (χ1v) is 10.6. The minimum absolute atomic E-state index is 0.261. The molecule has 2 atom stereocenters. The summed E-state index contributed by atoms with van der Waals surface area (Å²) in [5, 5.41) is 14.2. The van der Waals surface area contributed by atoms with Crippen LogP contribution in [0.4, 0.5) is 5.69 Å². The molecule has 0 unspecified atom stereocenters. The van der Waals surface area contributed by atoms with Crippen molar-refractivity contribution in [3.05, 3.63) is 54.1 Å². The maximum absolute atomic E-state index is 12.5. The van der Waals surface area contributed by atoms with Crippen LogP contribution in [0.1, 0.15) is 24.2 Å². The molecule has 160 valence electrons. The molecule has 0 heterocycles. The van der Waals surface area contributed by atoms with Gasteiger partial charge in [0, 0.05) is 17.0 Å². The minimum Gasteiger partial charge on any atom is -0.339 e. The number of hydroxylamine groups is 1. The second kappa shape index (κ2) is 11.3. The van der Waals surface area contributed by atoms with Crippen molar-refractivity contribution in [1.82, 2.24) is 10.8 Å². The van der Waals surface area contributed by atoms with E-state index in [2.05, 4.69) is 10.6 Å². The van der Waals surface area contributed by atoms with Crippen LogP contribution in [-0.4, -0.2) is 46.5 Å². The van der Waals surface area contributed by atoms with Crippen LogP contribution in [0.25, 0.3) is 11.1 Å². The standard InChI is InChI=1S/C21H26N4O4S/c1-3-30-12-18(21(28)25-29)24-20(27)16-6-4-14(5-7-16)15-8-10-17(11-9-15)23-19(26)13(2)22/h4-11,13,18,29H,3,12,22H2,1-2H3,(H,23,26)(H,24,27)(H,25,28)/t13-,18-/m0/s1. The van der Waals surface area contributed by atoms with Gasteiger partial charge in [-0.25, -0.2) is 5.48 Å². The third kappa shape index (κ3) is 6.58. The fourth-order valence-electron chi connectivity index (χ4n) is 2.55. The molecule has 0 bridgehead atoms. The van der Waals surface area contributed by atoms with Gasteiger partial charge < -0.3 is 16.4 Å². The lowest BCUT2D eigenvalue weighted by Gasteiger charge is -2.16. The predicted molar refractivity (Wildman–Crippen MR) is 118 cm³/mol. The Morgan fingerprint density at radius 3 is 2.07 bits per heavy atom. The number of hydrogen-bond acceptors (Lipinski definition) is 6. The van der Waals surface area contributed by atoms with Gasteiger partial charge in [-0.3, -0.25) is 19.6 Å². The third-order valence-electron chi connectivity index (χ3n) is 4.27. The zero-order valence-corrected chi connectivity index (χ0v) is 17.7. The Morgan fingerprint density at radius 2 is 1.57 bits per heavy atom. The van der Waals surface area contributed by atoms with E-state index in [1.54, 1.807) is 48.8 Å². The predicted octanol–water partition coefficient (Wildman–Crippen LogP) is 2.00. The van der Waals surface area contributed by atoms with E-state index in [4.69, 9.17) is 10.9 Å². The van der Waals surface area contributed by atoms with Crippen LogP contribution >= 0.6 is 11.8 Å². The largest absolute Gasteiger partial charge is 0.339 e. The molecule has 0 aliphatic carbocycles. The molecule has 2 rings (SSSR count). The molecule has 2 aromatic rings. The second-order valence-electron chi connectivity index (χ2n) is 6.59. The highest BCUT2D eigenvalue weighted by Gasteiger charge is 2.21. The summed E-state index contributed by atoms with van der Waals surface area (Å²) in [6, 6.07) is 12.8. The number of anilines is 1. The van der Waals surface area contributed by atoms with Crippen LogP contribution in [0.15, 0.2) is 48.5 Å². The number of thioether (sulfide) groups is 1. The average Bonchev–Trinajstić information content (AvgIpc) is 2.76. The topological polar surface area (TPSA) is 134 Å². The van der Waals surface area contributed by atoms with Crippen molar-refractivity contribution in [1.29, 1.82) is 0 Å². The van der Waals surface area contributed by atoms with Gasteiger partial charge in [-0.15, -0.1) is 0 Å². The van der Waals surface area contributed by atoms with Crippen LogP contribution < -0.4 is 21.8 Å². The summed E-state index contributed by atoms with van der Waals surface area (Å²) < 4.78 is 0. The van der Waals surface area contributed by atoms with E-state index in [0.717, 1.165) is 16.9 Å². The molecule has 0 aliphatic rings. The van der Waals surface area contributed by atoms with E-state index in [0.29, 0.717) is 17.0 Å². The molecule has 30 heavy (non-hydrogen) atoms. The van der Waals surface area contributed by atoms with Crippen molar-refractivity contribution in [2.75, 3.05) is 16.8 Å². The summed E-state index contributed by atoms with van der Waals surface area (Å²) in [7, 11) is 0. The Kier molecular flexibility index (Phi) is 8.85. The lowest BCUT2D eigenvalue weighted by molar-refractivity contribution is -0.130. The van der Waals surface area contributed by atoms with Gasteiger partial charge in [-0.05, 0) is 48.1 Å². The number of benzene rings is 2. The van der Waals surface area contributed by atoms with Crippen molar-refractivity contribution in [3.8, 4) is 11.1 Å². The second-order valence-corrected chi connectivity index (χ2v) is 7.91. The van der Waals surface area contributed by atoms with Gasteiger partial charge >= 0.3 is 0 Å². The molecule has 9 heteroatoms. The summed E-state index contributed by atoms with van der Waals surface area (Å²) in [5.41, 5.74) is 9.98. The first-order valence-electron chi connectivity index (χ1n) is 9.45. The number of rotatable bonds is 9. The third-order valence-corrected chi connectivity index (χ3v) is 5.24. The lowest BCUT2D eigenvalue weighted by atomic mass is 10.0. The van der Waals surface area contributed by atoms with Gasteiger partial charge in [0.05, 0.1) is 6.04 Å². The van der Waals surface area contributed by atoms with Gasteiger partial charge in [-0.2, -0.15) is 11.8 Å². The first-order chi connectivity index (χ1) is 14.3. The Hall–Kier alpha value is -2.88. The van der Waals surface area contributed by atoms with Gasteiger partial charge in [0.25, 0.3) is 11.8 Å². The quantitative estimate of drug-likeness (QED) is 0.305. The Labute approximate surface area is 179 Å². The van der Waals surface area contributed by atoms with Gasteiger partial charge in [0.1, 0.15) is 6.04 Å². The van der Waals surface area contributed by atoms with Crippen LogP contribution in [0, 0.1) is 0 Å². The number of nitrogens with one attached hydrogen (secondary N) is 3. The molecular formula is C21H26N4O4S. The zero-order valence-electron chi connectivity index (χ0n) is 16.8. The molecule has 2 aromatic carbocycles. The Morgan fingerprint density at radius 1 is 1.00 bits per heavy atom. The smallest absolute Gasteiger partial charge is 0.266 e. The fraction of sp³-hybridized carbons (Fsp3) is 0.286. The molecule has 0 radical (unpaired) electrons. The number of hydrogen-bond donors (Lipinski definition) is 5. The summed E-state index contributed by atoms with van der Waals surface area (Å²) in [6.45, 7) is 3.56. The number of carbonyl (C=O) groups excluding carboxylic acids is 3. The fourth-order valence-corrected chi connectivity index (χ4v) is 3.26. The van der Waals surface area contributed by atoms with Crippen LogP contribution in [0.5, 0.6) is 0 Å². The lowest BCUT2D eigenvalue weighted by Crippen LogP contribution is -2.47. The Bertz CT molecular complexity index is 870. The van der Waals surface area contributed by atoms with Crippen LogP contribution in [-0.2, 0) is 9.59 Å². The van der Waals surface area contributed by atoms with E-state index in [1.165, 1.54) is 11.8 Å². The highest BCUT2D eigenvalue weighted by molar-refractivity contribution is 7.99. The van der Waals surface area contributed by atoms with Crippen LogP contribution in [0.2, 0.25) is 0 Å². The van der Waals surface area contributed by atoms with Crippen molar-refractivity contribution in [2.24, 2.45) is 5.73 Å². The maximum atomic E-state index is 12.5. The van der Waals surface area contributed by atoms with Gasteiger partial charge in [0.2, 0.25) is 5.91 Å². The molecule has 0 saturated heterocycles. The normalized spacial score (nSPS) is 12.5. The monoisotopic (exact) mass is 430 g/mol. The molecule has 0 aromatic heterocycles. The van der Waals surface area contributed by atoms with E-state index in [1.807, 2.05) is 19.1 Å². The van der Waals surface area contributed by atoms with E-state index >= 15 is 0 Å². The van der Waals surface area contributed by atoms with E-state index in [9.17, 15) is 14.4 Å². The maximum Gasteiger partial charge on any atom is 0.266 e. The van der Waals surface area contributed by atoms with Crippen molar-refractivity contribution >= 4 is 35.2 Å². The minimum atomic E-state index is -0.828. The first kappa shape index (κ1) is 23.4. The van der Waals surface area contributed by atoms with Crippen molar-refractivity contribution < 1.29 is 19.6 Å². The van der Waals surface area contributed by atoms with Gasteiger partial charge in [0.15, 0.2) is 0 Å². The number of amides is 3. The molecular weight excluding hydrogens is 404 g/mol. The average molecular weight is 431 g/mol. The zero-order chi connectivity index (χ0) is 22.1. The molecule has 0 fully saturated rings. The van der Waals surface area contributed by atoms with Gasteiger partial charge in [-0.1, -0.05) is 31.2 Å². The molecule has 0 spiro atoms. The summed E-state index contributed by atoms with van der Waals surface area (Å²) >= 11 is 1.48. The van der Waals surface area contributed by atoms with E-state index in [-0.39, 0.29) is 5.91 Å². The van der Waals surface area contributed by atoms with Crippen molar-refractivity contribution in [2.45, 2.75) is 25.9 Å². The SMILES string of the molecule is CCSC[C@H](NC(=O)c1ccc(-c2ccc(NC(=O)[C@H](C)N)cc2)cc1)C(=O)NO. The summed E-state index contributed by atoms with van der Waals surface area (Å²) in [6.07, 6.45) is 0. The van der Waals surface area contributed by atoms with Crippen LogP contribution in [0.3, 0.4) is 0 Å². The molecule has 6 N–H and O–H groups in total. The highest BCUT2D eigenvalue weighted by Crippen LogP contribution is 2.22. The highest BCUT2D eigenvalue weighted by atomic mass is 32.2. The molecule has 0 aliphatic heterocycles. The number of nitrogens with two attached hydrogens (primary N) is 1. The summed E-state index contributed by atoms with van der Waals surface area (Å²) in [5.74, 6) is -0.173. The van der Waals surface area contributed by atoms with E-state index < -0.39 is 23.9 Å². The summed E-state index contributed by atoms with van der Waals surface area (Å²) in [4.78, 5) is 35.8. The Balaban J connectivity index is 2.05. The van der Waals surface area contributed by atoms with Crippen molar-refractivity contribution in [3.63, 3.8) is 0 Å². The number of carbonyl (C=O) groups is 3. The molecule has 0 saturated carbocycles.